The molecule has 0 aromatic heterocycles. The first-order valence-corrected chi connectivity index (χ1v) is 6.23. The Morgan fingerprint density at radius 1 is 1.28 bits per heavy atom. The Kier molecular flexibility index (Phi) is 6.67. The average molecular weight is 259 g/mol. The highest BCUT2D eigenvalue weighted by Gasteiger charge is 2.27. The van der Waals surface area contributed by atoms with Crippen LogP contribution in [0.5, 0.6) is 0 Å². The lowest BCUT2D eigenvalue weighted by Crippen LogP contribution is -2.40. The van der Waals surface area contributed by atoms with E-state index in [2.05, 4.69) is 5.32 Å². The van der Waals surface area contributed by atoms with Gasteiger partial charge in [-0.3, -0.25) is 9.59 Å². The van der Waals surface area contributed by atoms with Gasteiger partial charge < -0.3 is 19.9 Å². The normalized spacial score (nSPS) is 23.4. The second-order valence-corrected chi connectivity index (χ2v) is 4.42. The molecule has 1 fully saturated rings. The molecule has 6 heteroatoms. The minimum Gasteiger partial charge on any atom is -0.469 e. The number of aliphatic hydroxyl groups excluding tert-OH is 1. The molecule has 0 saturated heterocycles. The number of aliphatic hydroxyl groups is 1. The SMILES string of the molecule is COC(=O)[C@H]1CC[C@H](NC(=O)COCCO)CC1. The van der Waals surface area contributed by atoms with Crippen molar-refractivity contribution in [2.24, 2.45) is 5.92 Å². The van der Waals surface area contributed by atoms with Gasteiger partial charge in [-0.2, -0.15) is 0 Å². The summed E-state index contributed by atoms with van der Waals surface area (Å²) in [5, 5.41) is 11.4. The number of nitrogens with one attached hydrogen (secondary N) is 1. The average Bonchev–Trinajstić information content (AvgIpc) is 2.39. The maximum atomic E-state index is 11.4. The molecule has 1 aliphatic carbocycles. The molecule has 1 rings (SSSR count). The molecular formula is C12H21NO5. The van der Waals surface area contributed by atoms with Crippen LogP contribution in [0, 0.1) is 5.92 Å². The van der Waals surface area contributed by atoms with Crippen LogP contribution in [0.15, 0.2) is 0 Å². The molecular weight excluding hydrogens is 238 g/mol. The molecule has 1 aliphatic rings. The van der Waals surface area contributed by atoms with Gasteiger partial charge in [-0.25, -0.2) is 0 Å². The van der Waals surface area contributed by atoms with E-state index in [-0.39, 0.29) is 43.7 Å². The van der Waals surface area contributed by atoms with Gasteiger partial charge in [0.05, 0.1) is 26.2 Å². The van der Waals surface area contributed by atoms with Crippen molar-refractivity contribution in [1.29, 1.82) is 0 Å². The summed E-state index contributed by atoms with van der Waals surface area (Å²) in [6.07, 6.45) is 3.06. The fourth-order valence-corrected chi connectivity index (χ4v) is 2.14. The van der Waals surface area contributed by atoms with E-state index >= 15 is 0 Å². The van der Waals surface area contributed by atoms with Crippen LogP contribution < -0.4 is 5.32 Å². The molecule has 0 spiro atoms. The van der Waals surface area contributed by atoms with E-state index in [1.807, 2.05) is 0 Å². The van der Waals surface area contributed by atoms with Crippen LogP contribution in [0.3, 0.4) is 0 Å². The van der Waals surface area contributed by atoms with Crippen molar-refractivity contribution in [1.82, 2.24) is 5.32 Å². The van der Waals surface area contributed by atoms with Crippen molar-refractivity contribution < 1.29 is 24.2 Å². The summed E-state index contributed by atoms with van der Waals surface area (Å²) >= 11 is 0. The minimum absolute atomic E-state index is 0.0303. The molecule has 1 saturated carbocycles. The highest BCUT2D eigenvalue weighted by atomic mass is 16.5. The summed E-state index contributed by atoms with van der Waals surface area (Å²) in [6, 6.07) is 0.108. The monoisotopic (exact) mass is 259 g/mol. The van der Waals surface area contributed by atoms with Gasteiger partial charge in [0.2, 0.25) is 5.91 Å². The maximum Gasteiger partial charge on any atom is 0.308 e. The topological polar surface area (TPSA) is 84.9 Å². The molecule has 0 heterocycles. The molecule has 0 radical (unpaired) electrons. The van der Waals surface area contributed by atoms with Gasteiger partial charge in [-0.15, -0.1) is 0 Å². The van der Waals surface area contributed by atoms with Crippen LogP contribution >= 0.6 is 0 Å². The lowest BCUT2D eigenvalue weighted by Gasteiger charge is -2.27. The number of carbonyl (C=O) groups excluding carboxylic acids is 2. The number of ether oxygens (including phenoxy) is 2. The van der Waals surface area contributed by atoms with Crippen molar-refractivity contribution >= 4 is 11.9 Å². The number of hydrogen-bond donors (Lipinski definition) is 2. The highest BCUT2D eigenvalue weighted by molar-refractivity contribution is 5.77. The fourth-order valence-electron chi connectivity index (χ4n) is 2.14. The highest BCUT2D eigenvalue weighted by Crippen LogP contribution is 2.25. The predicted octanol–water partition coefficient (Wildman–Crippen LogP) is -0.157. The van der Waals surface area contributed by atoms with Gasteiger partial charge in [0.1, 0.15) is 6.61 Å². The molecule has 18 heavy (non-hydrogen) atoms. The van der Waals surface area contributed by atoms with E-state index in [1.165, 1.54) is 7.11 Å². The van der Waals surface area contributed by atoms with Crippen LogP contribution in [-0.4, -0.2) is 50.0 Å². The van der Waals surface area contributed by atoms with Crippen molar-refractivity contribution in [3.05, 3.63) is 0 Å². The van der Waals surface area contributed by atoms with Gasteiger partial charge >= 0.3 is 5.97 Å². The van der Waals surface area contributed by atoms with Gasteiger partial charge in [-0.05, 0) is 25.7 Å². The molecule has 0 unspecified atom stereocenters. The third-order valence-electron chi connectivity index (χ3n) is 3.10. The number of hydrogen-bond acceptors (Lipinski definition) is 5. The van der Waals surface area contributed by atoms with Crippen molar-refractivity contribution in [3.8, 4) is 0 Å². The Balaban J connectivity index is 2.18. The molecule has 6 nitrogen and oxygen atoms in total. The molecule has 104 valence electrons. The predicted molar refractivity (Wildman–Crippen MR) is 63.8 cm³/mol. The number of rotatable bonds is 6. The first-order chi connectivity index (χ1) is 8.67. The Morgan fingerprint density at radius 2 is 1.94 bits per heavy atom. The number of amides is 1. The Morgan fingerprint density at radius 3 is 2.50 bits per heavy atom. The third-order valence-corrected chi connectivity index (χ3v) is 3.10. The van der Waals surface area contributed by atoms with Gasteiger partial charge in [0, 0.05) is 6.04 Å². The molecule has 2 N–H and O–H groups in total. The van der Waals surface area contributed by atoms with Gasteiger partial charge in [-0.1, -0.05) is 0 Å². The lowest BCUT2D eigenvalue weighted by molar-refractivity contribution is -0.146. The smallest absolute Gasteiger partial charge is 0.308 e. The van der Waals surface area contributed by atoms with E-state index in [4.69, 9.17) is 14.6 Å². The fraction of sp³-hybridized carbons (Fsp3) is 0.833. The zero-order valence-electron chi connectivity index (χ0n) is 10.7. The molecule has 0 atom stereocenters. The van der Waals surface area contributed by atoms with Crippen molar-refractivity contribution in [3.63, 3.8) is 0 Å². The summed E-state index contributed by atoms with van der Waals surface area (Å²) in [4.78, 5) is 22.8. The Bertz CT molecular complexity index is 274. The van der Waals surface area contributed by atoms with Gasteiger partial charge in [0.25, 0.3) is 0 Å². The number of esters is 1. The molecule has 0 bridgehead atoms. The Hall–Kier alpha value is -1.14. The first-order valence-electron chi connectivity index (χ1n) is 6.23. The quantitative estimate of drug-likeness (QED) is 0.511. The maximum absolute atomic E-state index is 11.4. The van der Waals surface area contributed by atoms with Crippen molar-refractivity contribution in [2.45, 2.75) is 31.7 Å². The minimum atomic E-state index is -0.176. The largest absolute Gasteiger partial charge is 0.469 e. The standard InChI is InChI=1S/C12H21NO5/c1-17-12(16)9-2-4-10(5-3-9)13-11(15)8-18-7-6-14/h9-10,14H,2-8H2,1H3,(H,13,15)/t9-,10-. The summed E-state index contributed by atoms with van der Waals surface area (Å²) < 4.78 is 9.63. The van der Waals surface area contributed by atoms with E-state index in [1.54, 1.807) is 0 Å². The van der Waals surface area contributed by atoms with Crippen LogP contribution in [0.25, 0.3) is 0 Å². The second-order valence-electron chi connectivity index (χ2n) is 4.42. The van der Waals surface area contributed by atoms with E-state index in [9.17, 15) is 9.59 Å². The lowest BCUT2D eigenvalue weighted by atomic mass is 9.86. The van der Waals surface area contributed by atoms with E-state index < -0.39 is 0 Å². The van der Waals surface area contributed by atoms with Crippen LogP contribution in [0.4, 0.5) is 0 Å². The number of methoxy groups -OCH3 is 1. The van der Waals surface area contributed by atoms with E-state index in [0.717, 1.165) is 25.7 Å². The summed E-state index contributed by atoms with van der Waals surface area (Å²) in [6.45, 7) is 0.0531. The number of carbonyl (C=O) groups is 2. The van der Waals surface area contributed by atoms with Crippen LogP contribution in [0.2, 0.25) is 0 Å². The molecule has 0 aromatic carbocycles. The first kappa shape index (κ1) is 14.9. The summed E-state index contributed by atoms with van der Waals surface area (Å²) in [5.41, 5.74) is 0. The van der Waals surface area contributed by atoms with Crippen LogP contribution in [-0.2, 0) is 19.1 Å². The van der Waals surface area contributed by atoms with Crippen LogP contribution in [0.1, 0.15) is 25.7 Å². The molecule has 1 amide bonds. The summed E-state index contributed by atoms with van der Waals surface area (Å²) in [5.74, 6) is -0.371. The van der Waals surface area contributed by atoms with Crippen molar-refractivity contribution in [2.75, 3.05) is 26.9 Å². The zero-order valence-corrected chi connectivity index (χ0v) is 10.7. The second kappa shape index (κ2) is 8.05. The molecule has 0 aromatic rings. The van der Waals surface area contributed by atoms with Gasteiger partial charge in [0.15, 0.2) is 0 Å². The molecule has 0 aliphatic heterocycles. The Labute approximate surface area is 107 Å². The summed E-state index contributed by atoms with van der Waals surface area (Å²) in [7, 11) is 1.40. The van der Waals surface area contributed by atoms with E-state index in [0.29, 0.717) is 0 Å². The zero-order chi connectivity index (χ0) is 13.4. The third kappa shape index (κ3) is 5.01.